The van der Waals surface area contributed by atoms with Crippen LogP contribution in [0.2, 0.25) is 0 Å². The number of thiophene rings is 1. The summed E-state index contributed by atoms with van der Waals surface area (Å²) in [5, 5.41) is 4.86. The Morgan fingerprint density at radius 2 is 2.00 bits per heavy atom. The van der Waals surface area contributed by atoms with Gasteiger partial charge in [-0.25, -0.2) is 0 Å². The van der Waals surface area contributed by atoms with Crippen molar-refractivity contribution < 1.29 is 9.59 Å². The van der Waals surface area contributed by atoms with Gasteiger partial charge in [-0.05, 0) is 54.5 Å². The highest BCUT2D eigenvalue weighted by atomic mass is 32.1. The van der Waals surface area contributed by atoms with E-state index >= 15 is 0 Å². The molecular formula is C21H27N3O2S. The molecule has 0 saturated heterocycles. The fourth-order valence-electron chi connectivity index (χ4n) is 3.16. The molecule has 2 aromatic rings. The molecule has 1 aliphatic carbocycles. The summed E-state index contributed by atoms with van der Waals surface area (Å²) in [7, 11) is 3.99. The summed E-state index contributed by atoms with van der Waals surface area (Å²) in [6.07, 6.45) is 2.96. The van der Waals surface area contributed by atoms with Crippen molar-refractivity contribution in [3.63, 3.8) is 0 Å². The van der Waals surface area contributed by atoms with Gasteiger partial charge in [-0.1, -0.05) is 13.0 Å². The van der Waals surface area contributed by atoms with Gasteiger partial charge in [0.25, 0.3) is 5.91 Å². The molecular weight excluding hydrogens is 358 g/mol. The second-order valence-corrected chi connectivity index (χ2v) is 8.15. The molecule has 0 spiro atoms. The maximum absolute atomic E-state index is 12.6. The number of hydrogen-bond donors (Lipinski definition) is 1. The molecule has 144 valence electrons. The van der Waals surface area contributed by atoms with Crippen molar-refractivity contribution in [1.82, 2.24) is 4.90 Å². The lowest BCUT2D eigenvalue weighted by atomic mass is 10.1. The zero-order chi connectivity index (χ0) is 19.4. The van der Waals surface area contributed by atoms with Crippen LogP contribution in [-0.4, -0.2) is 37.4 Å². The predicted molar refractivity (Wildman–Crippen MR) is 111 cm³/mol. The van der Waals surface area contributed by atoms with E-state index in [-0.39, 0.29) is 17.7 Å². The summed E-state index contributed by atoms with van der Waals surface area (Å²) in [4.78, 5) is 29.7. The van der Waals surface area contributed by atoms with Gasteiger partial charge >= 0.3 is 0 Å². The molecule has 0 radical (unpaired) electrons. The Morgan fingerprint density at radius 3 is 2.59 bits per heavy atom. The average molecular weight is 386 g/mol. The molecule has 0 aliphatic heterocycles. The van der Waals surface area contributed by atoms with E-state index in [0.717, 1.165) is 42.7 Å². The Labute approximate surface area is 165 Å². The second-order valence-electron chi connectivity index (χ2n) is 7.20. The van der Waals surface area contributed by atoms with Crippen molar-refractivity contribution in [1.29, 1.82) is 0 Å². The monoisotopic (exact) mass is 385 g/mol. The van der Waals surface area contributed by atoms with Crippen LogP contribution in [0.4, 0.5) is 11.4 Å². The highest BCUT2D eigenvalue weighted by Gasteiger charge is 2.33. The zero-order valence-corrected chi connectivity index (χ0v) is 17.0. The molecule has 0 bridgehead atoms. The molecule has 1 N–H and O–H groups in total. The molecule has 5 nitrogen and oxygen atoms in total. The zero-order valence-electron chi connectivity index (χ0n) is 16.2. The lowest BCUT2D eigenvalue weighted by Crippen LogP contribution is -2.33. The first-order valence-corrected chi connectivity index (χ1v) is 10.3. The molecule has 1 fully saturated rings. The van der Waals surface area contributed by atoms with E-state index < -0.39 is 0 Å². The molecule has 1 aliphatic rings. The van der Waals surface area contributed by atoms with Gasteiger partial charge in [-0.3, -0.25) is 9.59 Å². The van der Waals surface area contributed by atoms with Gasteiger partial charge < -0.3 is 15.1 Å². The van der Waals surface area contributed by atoms with Crippen LogP contribution in [0, 0.1) is 5.92 Å². The summed E-state index contributed by atoms with van der Waals surface area (Å²) in [5.74, 6) is 0.365. The van der Waals surface area contributed by atoms with Gasteiger partial charge in [-0.15, -0.1) is 11.3 Å². The van der Waals surface area contributed by atoms with E-state index in [0.29, 0.717) is 11.4 Å². The van der Waals surface area contributed by atoms with Crippen molar-refractivity contribution in [3.05, 3.63) is 46.2 Å². The van der Waals surface area contributed by atoms with Gasteiger partial charge in [0.15, 0.2) is 0 Å². The smallest absolute Gasteiger partial charge is 0.265 e. The fourth-order valence-corrected chi connectivity index (χ4v) is 3.78. The second kappa shape index (κ2) is 8.57. The minimum absolute atomic E-state index is 0.104. The van der Waals surface area contributed by atoms with Gasteiger partial charge in [0.1, 0.15) is 0 Å². The van der Waals surface area contributed by atoms with Crippen LogP contribution < -0.4 is 10.2 Å². The Morgan fingerprint density at radius 1 is 1.22 bits per heavy atom. The molecule has 1 heterocycles. The first-order valence-electron chi connectivity index (χ1n) is 9.43. The number of amides is 2. The highest BCUT2D eigenvalue weighted by Crippen LogP contribution is 2.33. The van der Waals surface area contributed by atoms with Crippen LogP contribution in [0.1, 0.15) is 41.4 Å². The van der Waals surface area contributed by atoms with E-state index in [1.54, 1.807) is 0 Å². The Balaban J connectivity index is 1.82. The Bertz CT molecular complexity index is 798. The third-order valence-corrected chi connectivity index (χ3v) is 5.53. The third kappa shape index (κ3) is 4.89. The molecule has 1 saturated carbocycles. The van der Waals surface area contributed by atoms with Crippen LogP contribution in [0.5, 0.6) is 0 Å². The van der Waals surface area contributed by atoms with Gasteiger partial charge in [-0.2, -0.15) is 0 Å². The van der Waals surface area contributed by atoms with Crippen molar-refractivity contribution in [2.24, 2.45) is 5.92 Å². The van der Waals surface area contributed by atoms with E-state index in [1.165, 1.54) is 11.3 Å². The normalized spacial score (nSPS) is 13.3. The summed E-state index contributed by atoms with van der Waals surface area (Å²) in [6, 6.07) is 9.59. The summed E-state index contributed by atoms with van der Waals surface area (Å²) < 4.78 is 0. The number of carbonyl (C=O) groups is 2. The Hall–Kier alpha value is -2.34. The fraction of sp³-hybridized carbons (Fsp3) is 0.429. The van der Waals surface area contributed by atoms with Crippen molar-refractivity contribution >= 4 is 34.5 Å². The number of nitrogens with zero attached hydrogens (tertiary/aromatic N) is 2. The minimum atomic E-state index is -0.104. The number of carbonyl (C=O) groups excluding carboxylic acids is 2. The topological polar surface area (TPSA) is 52.7 Å². The molecule has 0 unspecified atom stereocenters. The van der Waals surface area contributed by atoms with Gasteiger partial charge in [0, 0.05) is 44.5 Å². The van der Waals surface area contributed by atoms with Crippen molar-refractivity contribution in [2.75, 3.05) is 30.9 Å². The number of benzene rings is 1. The maximum Gasteiger partial charge on any atom is 0.265 e. The number of nitrogens with one attached hydrogen (secondary N) is 1. The quantitative estimate of drug-likeness (QED) is 0.740. The third-order valence-electron chi connectivity index (χ3n) is 4.66. The largest absolute Gasteiger partial charge is 0.377 e. The summed E-state index contributed by atoms with van der Waals surface area (Å²) in [5.41, 5.74) is 2.87. The molecule has 2 amide bonds. The van der Waals surface area contributed by atoms with Gasteiger partial charge in [0.05, 0.1) is 4.88 Å². The lowest BCUT2D eigenvalue weighted by molar-refractivity contribution is -0.133. The van der Waals surface area contributed by atoms with E-state index in [4.69, 9.17) is 0 Å². The average Bonchev–Trinajstić information content (AvgIpc) is 3.34. The van der Waals surface area contributed by atoms with Crippen molar-refractivity contribution in [3.8, 4) is 0 Å². The SMILES string of the molecule is CCCN(Cc1cc(NC(=O)c2cccs2)ccc1N(C)C)C(=O)C1CC1. The summed E-state index contributed by atoms with van der Waals surface area (Å²) in [6.45, 7) is 3.42. The van der Waals surface area contributed by atoms with Crippen molar-refractivity contribution in [2.45, 2.75) is 32.7 Å². The molecule has 1 aromatic heterocycles. The Kier molecular flexibility index (Phi) is 6.16. The number of anilines is 2. The molecule has 3 rings (SSSR count). The molecule has 1 aromatic carbocycles. The van der Waals surface area contributed by atoms with Gasteiger partial charge in [0.2, 0.25) is 5.91 Å². The first kappa shape index (κ1) is 19.4. The number of rotatable bonds is 8. The van der Waals surface area contributed by atoms with E-state index in [2.05, 4.69) is 12.2 Å². The molecule has 0 atom stereocenters. The van der Waals surface area contributed by atoms with Crippen LogP contribution in [0.15, 0.2) is 35.7 Å². The standard InChI is InChI=1S/C21H27N3O2S/c1-4-11-24(21(26)15-7-8-15)14-16-13-17(9-10-18(16)23(2)3)22-20(25)19-6-5-12-27-19/h5-6,9-10,12-13,15H,4,7-8,11,14H2,1-3H3,(H,22,25). The predicted octanol–water partition coefficient (Wildman–Crippen LogP) is 4.22. The van der Waals surface area contributed by atoms with E-state index in [1.807, 2.05) is 59.6 Å². The molecule has 6 heteroatoms. The summed E-state index contributed by atoms with van der Waals surface area (Å²) >= 11 is 1.42. The van der Waals surface area contributed by atoms with Crippen LogP contribution in [0.3, 0.4) is 0 Å². The van der Waals surface area contributed by atoms with Crippen LogP contribution >= 0.6 is 11.3 Å². The maximum atomic E-state index is 12.6. The molecule has 27 heavy (non-hydrogen) atoms. The first-order chi connectivity index (χ1) is 13.0. The van der Waals surface area contributed by atoms with Crippen LogP contribution in [-0.2, 0) is 11.3 Å². The highest BCUT2D eigenvalue weighted by molar-refractivity contribution is 7.12. The van der Waals surface area contributed by atoms with E-state index in [9.17, 15) is 9.59 Å². The minimum Gasteiger partial charge on any atom is -0.377 e. The lowest BCUT2D eigenvalue weighted by Gasteiger charge is -2.26. The van der Waals surface area contributed by atoms with Crippen LogP contribution in [0.25, 0.3) is 0 Å². The number of hydrogen-bond acceptors (Lipinski definition) is 4.